The van der Waals surface area contributed by atoms with Gasteiger partial charge in [0.1, 0.15) is 11.3 Å². The Kier molecular flexibility index (Phi) is 6.75. The summed E-state index contributed by atoms with van der Waals surface area (Å²) in [5.74, 6) is 1.45. The van der Waals surface area contributed by atoms with Gasteiger partial charge < -0.3 is 10.1 Å². The Morgan fingerprint density at radius 3 is 2.58 bits per heavy atom. The van der Waals surface area contributed by atoms with Crippen LogP contribution in [0.2, 0.25) is 5.28 Å². The van der Waals surface area contributed by atoms with Gasteiger partial charge in [-0.15, -0.1) is 11.3 Å². The van der Waals surface area contributed by atoms with E-state index in [0.29, 0.717) is 11.3 Å². The number of ether oxygens (including phenoxy) is 1. The highest BCUT2D eigenvalue weighted by Crippen LogP contribution is 2.28. The first-order valence-corrected chi connectivity index (χ1v) is 9.03. The van der Waals surface area contributed by atoms with E-state index in [2.05, 4.69) is 34.1 Å². The van der Waals surface area contributed by atoms with Gasteiger partial charge in [0.15, 0.2) is 10.6 Å². The van der Waals surface area contributed by atoms with Crippen LogP contribution < -0.4 is 10.1 Å². The molecule has 0 amide bonds. The largest absolute Gasteiger partial charge is 0.496 e. The van der Waals surface area contributed by atoms with Gasteiger partial charge in [0.25, 0.3) is 0 Å². The lowest BCUT2D eigenvalue weighted by molar-refractivity contribution is 0.412. The van der Waals surface area contributed by atoms with Crippen molar-refractivity contribution in [1.29, 1.82) is 0 Å². The molecule has 0 fully saturated rings. The fourth-order valence-electron chi connectivity index (χ4n) is 1.92. The monoisotopic (exact) mass is 364 g/mol. The minimum Gasteiger partial charge on any atom is -0.496 e. The van der Waals surface area contributed by atoms with Crippen molar-refractivity contribution in [1.82, 2.24) is 15.0 Å². The van der Waals surface area contributed by atoms with Crippen molar-refractivity contribution in [3.63, 3.8) is 0 Å². The molecule has 3 aromatic rings. The minimum atomic E-state index is 0.203. The molecule has 0 atom stereocenters. The van der Waals surface area contributed by atoms with Gasteiger partial charge in [-0.05, 0) is 42.3 Å². The Morgan fingerprint density at radius 1 is 1.21 bits per heavy atom. The summed E-state index contributed by atoms with van der Waals surface area (Å²) in [6.07, 6.45) is 2.64. The molecule has 0 aliphatic heterocycles. The number of benzene rings is 1. The second-order valence-electron chi connectivity index (χ2n) is 5.16. The predicted octanol–water partition coefficient (Wildman–Crippen LogP) is 5.61. The summed E-state index contributed by atoms with van der Waals surface area (Å²) >= 11 is 7.35. The number of hydrogen-bond donors (Lipinski definition) is 1. The van der Waals surface area contributed by atoms with Crippen LogP contribution in [0.1, 0.15) is 32.3 Å². The van der Waals surface area contributed by atoms with Crippen LogP contribution in [0.5, 0.6) is 5.75 Å². The summed E-state index contributed by atoms with van der Waals surface area (Å²) in [5.41, 5.74) is 4.37. The topological polar surface area (TPSA) is 59.9 Å². The molecule has 0 unspecified atom stereocenters. The third-order valence-corrected chi connectivity index (χ3v) is 4.22. The van der Waals surface area contributed by atoms with Crippen molar-refractivity contribution in [3.05, 3.63) is 34.6 Å². The number of aryl methyl sites for hydroxylation is 1. The maximum atomic E-state index is 5.92. The Bertz CT molecular complexity index is 804. The molecule has 0 saturated carbocycles. The molecule has 5 nitrogen and oxygen atoms in total. The van der Waals surface area contributed by atoms with E-state index in [0.717, 1.165) is 21.8 Å². The Labute approximate surface area is 151 Å². The van der Waals surface area contributed by atoms with Crippen molar-refractivity contribution in [2.24, 2.45) is 0 Å². The summed E-state index contributed by atoms with van der Waals surface area (Å²) < 4.78 is 5.24. The van der Waals surface area contributed by atoms with Gasteiger partial charge >= 0.3 is 0 Å². The fourth-order valence-corrected chi connectivity index (χ4v) is 2.79. The molecule has 0 bridgehead atoms. The molecule has 3 rings (SSSR count). The Hall–Kier alpha value is -1.92. The highest BCUT2D eigenvalue weighted by Gasteiger charge is 2.10. The Morgan fingerprint density at radius 2 is 1.96 bits per heavy atom. The molecule has 0 radical (unpaired) electrons. The molecule has 2 aromatic heterocycles. The predicted molar refractivity (Wildman–Crippen MR) is 102 cm³/mol. The van der Waals surface area contributed by atoms with Crippen LogP contribution in [0.25, 0.3) is 10.3 Å². The fraction of sp³-hybridized carbons (Fsp3) is 0.353. The molecule has 0 saturated heterocycles. The zero-order valence-corrected chi connectivity index (χ0v) is 15.8. The van der Waals surface area contributed by atoms with Gasteiger partial charge in [-0.1, -0.05) is 26.7 Å². The lowest BCUT2D eigenvalue weighted by Gasteiger charge is -2.09. The van der Waals surface area contributed by atoms with E-state index in [1.807, 2.05) is 25.1 Å². The van der Waals surface area contributed by atoms with Gasteiger partial charge in [-0.25, -0.2) is 9.97 Å². The van der Waals surface area contributed by atoms with Crippen LogP contribution in [0.3, 0.4) is 0 Å². The van der Waals surface area contributed by atoms with Gasteiger partial charge in [-0.2, -0.15) is 4.98 Å². The van der Waals surface area contributed by atoms with Crippen LogP contribution in [-0.2, 0) is 0 Å². The first-order valence-electron chi connectivity index (χ1n) is 7.77. The summed E-state index contributed by atoms with van der Waals surface area (Å²) in [7, 11) is 1.65. The molecule has 0 spiro atoms. The number of anilines is 2. The SMILES string of the molecule is CCCC.COc1ccc(Nc2nc(Cl)nc3scnc23)cc1C. The number of halogens is 1. The Balaban J connectivity index is 0.000000471. The van der Waals surface area contributed by atoms with E-state index in [1.54, 1.807) is 12.6 Å². The van der Waals surface area contributed by atoms with E-state index in [1.165, 1.54) is 24.2 Å². The van der Waals surface area contributed by atoms with Crippen molar-refractivity contribution >= 4 is 44.8 Å². The van der Waals surface area contributed by atoms with Gasteiger partial charge in [-0.3, -0.25) is 0 Å². The number of aromatic nitrogens is 3. The lowest BCUT2D eigenvalue weighted by Crippen LogP contribution is -1.97. The van der Waals surface area contributed by atoms with Crippen LogP contribution in [0, 0.1) is 6.92 Å². The van der Waals surface area contributed by atoms with Gasteiger partial charge in [0.05, 0.1) is 12.6 Å². The normalized spacial score (nSPS) is 10.2. The van der Waals surface area contributed by atoms with Gasteiger partial charge in [0.2, 0.25) is 5.28 Å². The molecular formula is C17H21ClN4OS. The molecule has 0 aliphatic carbocycles. The van der Waals surface area contributed by atoms with Crippen molar-refractivity contribution < 1.29 is 4.74 Å². The van der Waals surface area contributed by atoms with Gasteiger partial charge in [0, 0.05) is 5.69 Å². The van der Waals surface area contributed by atoms with E-state index in [4.69, 9.17) is 16.3 Å². The number of unbranched alkanes of at least 4 members (excludes halogenated alkanes) is 1. The number of nitrogens with zero attached hydrogens (tertiary/aromatic N) is 3. The first-order chi connectivity index (χ1) is 11.6. The maximum absolute atomic E-state index is 5.92. The highest BCUT2D eigenvalue weighted by molar-refractivity contribution is 7.16. The second-order valence-corrected chi connectivity index (χ2v) is 6.33. The van der Waals surface area contributed by atoms with E-state index >= 15 is 0 Å². The average molecular weight is 365 g/mol. The molecule has 128 valence electrons. The third kappa shape index (κ3) is 4.55. The van der Waals surface area contributed by atoms with Crippen molar-refractivity contribution in [2.45, 2.75) is 33.6 Å². The quantitative estimate of drug-likeness (QED) is 0.610. The number of methoxy groups -OCH3 is 1. The molecular weight excluding hydrogens is 344 g/mol. The summed E-state index contributed by atoms with van der Waals surface area (Å²) in [6.45, 7) is 6.34. The summed E-state index contributed by atoms with van der Waals surface area (Å²) in [6, 6.07) is 5.80. The zero-order valence-electron chi connectivity index (χ0n) is 14.3. The number of thiazole rings is 1. The van der Waals surface area contributed by atoms with E-state index in [9.17, 15) is 0 Å². The molecule has 1 aromatic carbocycles. The standard InChI is InChI=1S/C13H11ClN4OS.C4H10/c1-7-5-8(3-4-9(7)19-2)16-11-10-12(20-6-15-10)18-13(14)17-11;1-3-4-2/h3-6H,1-2H3,(H,16,17,18);3-4H2,1-2H3. The molecule has 7 heteroatoms. The first kappa shape index (κ1) is 18.4. The van der Waals surface area contributed by atoms with E-state index in [-0.39, 0.29) is 5.28 Å². The maximum Gasteiger partial charge on any atom is 0.225 e. The van der Waals surface area contributed by atoms with Crippen molar-refractivity contribution in [2.75, 3.05) is 12.4 Å². The van der Waals surface area contributed by atoms with Crippen LogP contribution in [0.4, 0.5) is 11.5 Å². The van der Waals surface area contributed by atoms with E-state index < -0.39 is 0 Å². The van der Waals surface area contributed by atoms with Crippen LogP contribution in [0.15, 0.2) is 23.7 Å². The molecule has 1 N–H and O–H groups in total. The highest BCUT2D eigenvalue weighted by atomic mass is 35.5. The number of rotatable bonds is 4. The average Bonchev–Trinajstić information content (AvgIpc) is 3.03. The molecule has 0 aliphatic rings. The second kappa shape index (κ2) is 8.80. The summed E-state index contributed by atoms with van der Waals surface area (Å²) in [5, 5.41) is 3.42. The van der Waals surface area contributed by atoms with Crippen LogP contribution in [-0.4, -0.2) is 22.1 Å². The lowest BCUT2D eigenvalue weighted by atomic mass is 10.2. The molecule has 24 heavy (non-hydrogen) atoms. The number of hydrogen-bond acceptors (Lipinski definition) is 6. The number of fused-ring (bicyclic) bond motifs is 1. The van der Waals surface area contributed by atoms with Crippen molar-refractivity contribution in [3.8, 4) is 5.75 Å². The third-order valence-electron chi connectivity index (χ3n) is 3.33. The van der Waals surface area contributed by atoms with Crippen LogP contribution >= 0.6 is 22.9 Å². The molecule has 2 heterocycles. The zero-order chi connectivity index (χ0) is 17.5. The number of nitrogens with one attached hydrogen (secondary N) is 1. The smallest absolute Gasteiger partial charge is 0.225 e. The minimum absolute atomic E-state index is 0.203. The summed E-state index contributed by atoms with van der Waals surface area (Å²) in [4.78, 5) is 13.4.